The van der Waals surface area contributed by atoms with Crippen LogP contribution in [-0.4, -0.2) is 23.5 Å². The summed E-state index contributed by atoms with van der Waals surface area (Å²) in [6, 6.07) is 10.1. The molecule has 0 bridgehead atoms. The van der Waals surface area contributed by atoms with Gasteiger partial charge in [0, 0.05) is 5.02 Å². The molecule has 0 fully saturated rings. The Morgan fingerprint density at radius 3 is 2.37 bits per heavy atom. The molecule has 0 saturated heterocycles. The standard InChI is InChI=1S/C18H17Cl2N3O3S/c1-10-4-3-5-11(2)16(10)26-9-15(24)22-23-18(27)21-17(25)13-7-6-12(19)8-14(13)20/h3-8H,9H2,1-2H3,(H,22,24)(H2,21,23,25,27). The molecular formula is C18H17Cl2N3O3S. The summed E-state index contributed by atoms with van der Waals surface area (Å²) in [4.78, 5) is 24.0. The first-order valence-corrected chi connectivity index (χ1v) is 8.98. The number of rotatable bonds is 4. The molecule has 0 aliphatic carbocycles. The van der Waals surface area contributed by atoms with Gasteiger partial charge in [0.1, 0.15) is 5.75 Å². The first-order valence-electron chi connectivity index (χ1n) is 7.82. The Kier molecular flexibility index (Phi) is 7.41. The van der Waals surface area contributed by atoms with Crippen LogP contribution in [0.3, 0.4) is 0 Å². The van der Waals surface area contributed by atoms with E-state index in [4.69, 9.17) is 40.2 Å². The van der Waals surface area contributed by atoms with Gasteiger partial charge in [-0.1, -0.05) is 41.4 Å². The smallest absolute Gasteiger partial charge is 0.276 e. The Labute approximate surface area is 172 Å². The van der Waals surface area contributed by atoms with E-state index in [1.54, 1.807) is 0 Å². The molecule has 0 aliphatic heterocycles. The molecule has 9 heteroatoms. The van der Waals surface area contributed by atoms with Crippen LogP contribution in [0.15, 0.2) is 36.4 Å². The van der Waals surface area contributed by atoms with Gasteiger partial charge in [0.15, 0.2) is 11.7 Å². The number of hydrogen-bond donors (Lipinski definition) is 3. The highest BCUT2D eigenvalue weighted by molar-refractivity contribution is 7.80. The van der Waals surface area contributed by atoms with Crippen LogP contribution in [0.1, 0.15) is 21.5 Å². The summed E-state index contributed by atoms with van der Waals surface area (Å²) in [5.41, 5.74) is 6.84. The zero-order chi connectivity index (χ0) is 20.0. The quantitative estimate of drug-likeness (QED) is 0.517. The minimum absolute atomic E-state index is 0.0913. The summed E-state index contributed by atoms with van der Waals surface area (Å²) in [5.74, 6) is -0.338. The Morgan fingerprint density at radius 1 is 1.07 bits per heavy atom. The third-order valence-electron chi connectivity index (χ3n) is 3.47. The average Bonchev–Trinajstić information content (AvgIpc) is 2.59. The molecule has 2 aromatic carbocycles. The van der Waals surface area contributed by atoms with Crippen LogP contribution >= 0.6 is 35.4 Å². The van der Waals surface area contributed by atoms with E-state index in [1.807, 2.05) is 32.0 Å². The second-order valence-electron chi connectivity index (χ2n) is 5.59. The van der Waals surface area contributed by atoms with Crippen molar-refractivity contribution in [2.45, 2.75) is 13.8 Å². The first kappa shape index (κ1) is 21.0. The van der Waals surface area contributed by atoms with Gasteiger partial charge in [-0.2, -0.15) is 0 Å². The highest BCUT2D eigenvalue weighted by Gasteiger charge is 2.13. The third kappa shape index (κ3) is 6.09. The molecule has 27 heavy (non-hydrogen) atoms. The minimum atomic E-state index is -0.532. The minimum Gasteiger partial charge on any atom is -0.483 e. The number of amides is 2. The number of hydrogen-bond acceptors (Lipinski definition) is 4. The van der Waals surface area contributed by atoms with Gasteiger partial charge in [0.2, 0.25) is 0 Å². The third-order valence-corrected chi connectivity index (χ3v) is 4.23. The van der Waals surface area contributed by atoms with Crippen LogP contribution in [0.25, 0.3) is 0 Å². The summed E-state index contributed by atoms with van der Waals surface area (Å²) in [5, 5.41) is 2.91. The lowest BCUT2D eigenvalue weighted by Gasteiger charge is -2.13. The van der Waals surface area contributed by atoms with Crippen LogP contribution in [0.2, 0.25) is 10.0 Å². The summed E-state index contributed by atoms with van der Waals surface area (Å²) in [7, 11) is 0. The average molecular weight is 426 g/mol. The van der Waals surface area contributed by atoms with E-state index in [1.165, 1.54) is 18.2 Å². The predicted octanol–water partition coefficient (Wildman–Crippen LogP) is 3.32. The van der Waals surface area contributed by atoms with E-state index in [9.17, 15) is 9.59 Å². The van der Waals surface area contributed by atoms with Gasteiger partial charge in [-0.05, 0) is 55.4 Å². The number of para-hydroxylation sites is 1. The number of nitrogens with one attached hydrogen (secondary N) is 3. The van der Waals surface area contributed by atoms with E-state index in [2.05, 4.69) is 16.2 Å². The second-order valence-corrected chi connectivity index (χ2v) is 6.84. The molecule has 2 amide bonds. The highest BCUT2D eigenvalue weighted by Crippen LogP contribution is 2.22. The molecule has 0 atom stereocenters. The number of ether oxygens (including phenoxy) is 1. The summed E-state index contributed by atoms with van der Waals surface area (Å²) >= 11 is 16.7. The SMILES string of the molecule is Cc1cccc(C)c1OCC(=O)NNC(=S)NC(=O)c1ccc(Cl)cc1Cl. The van der Waals surface area contributed by atoms with E-state index >= 15 is 0 Å². The molecule has 0 radical (unpaired) electrons. The van der Waals surface area contributed by atoms with E-state index in [0.717, 1.165) is 11.1 Å². The Morgan fingerprint density at radius 2 is 1.74 bits per heavy atom. The van der Waals surface area contributed by atoms with Crippen molar-refractivity contribution in [1.29, 1.82) is 0 Å². The topological polar surface area (TPSA) is 79.5 Å². The van der Waals surface area contributed by atoms with Gasteiger partial charge < -0.3 is 4.74 Å². The number of halogens is 2. The number of thiocarbonyl (C=S) groups is 1. The largest absolute Gasteiger partial charge is 0.483 e. The predicted molar refractivity (Wildman–Crippen MR) is 109 cm³/mol. The number of carbonyl (C=O) groups is 2. The van der Waals surface area contributed by atoms with Gasteiger partial charge >= 0.3 is 0 Å². The van der Waals surface area contributed by atoms with E-state index < -0.39 is 11.8 Å². The van der Waals surface area contributed by atoms with Crippen LogP contribution in [0.4, 0.5) is 0 Å². The summed E-state index contributed by atoms with van der Waals surface area (Å²) in [6.07, 6.45) is 0. The molecular weight excluding hydrogens is 409 g/mol. The fourth-order valence-corrected chi connectivity index (χ4v) is 2.84. The van der Waals surface area contributed by atoms with Gasteiger partial charge in [-0.25, -0.2) is 0 Å². The van der Waals surface area contributed by atoms with Crippen molar-refractivity contribution in [3.63, 3.8) is 0 Å². The van der Waals surface area contributed by atoms with Crippen LogP contribution in [-0.2, 0) is 4.79 Å². The maximum atomic E-state index is 12.1. The summed E-state index contributed by atoms with van der Waals surface area (Å²) < 4.78 is 5.53. The van der Waals surface area contributed by atoms with Gasteiger partial charge in [-0.15, -0.1) is 0 Å². The van der Waals surface area contributed by atoms with Crippen molar-refractivity contribution in [2.24, 2.45) is 0 Å². The highest BCUT2D eigenvalue weighted by atomic mass is 35.5. The van der Waals surface area contributed by atoms with Crippen LogP contribution < -0.4 is 20.9 Å². The second kappa shape index (κ2) is 9.55. The zero-order valence-electron chi connectivity index (χ0n) is 14.6. The van der Waals surface area contributed by atoms with E-state index in [-0.39, 0.29) is 22.3 Å². The lowest BCUT2D eigenvalue weighted by Crippen LogP contribution is -2.49. The van der Waals surface area contributed by atoms with Crippen LogP contribution in [0, 0.1) is 13.8 Å². The maximum Gasteiger partial charge on any atom is 0.276 e. The molecule has 0 spiro atoms. The summed E-state index contributed by atoms with van der Waals surface area (Å²) in [6.45, 7) is 3.58. The molecule has 0 aliphatic rings. The van der Waals surface area contributed by atoms with E-state index in [0.29, 0.717) is 10.8 Å². The molecule has 142 valence electrons. The van der Waals surface area contributed by atoms with Gasteiger partial charge in [0.05, 0.1) is 10.6 Å². The number of hydrazine groups is 1. The van der Waals surface area contributed by atoms with Crippen molar-refractivity contribution in [2.75, 3.05) is 6.61 Å². The molecule has 3 N–H and O–H groups in total. The van der Waals surface area contributed by atoms with Crippen molar-refractivity contribution in [3.8, 4) is 5.75 Å². The molecule has 0 aromatic heterocycles. The van der Waals surface area contributed by atoms with Gasteiger partial charge in [-0.3, -0.25) is 25.8 Å². The van der Waals surface area contributed by atoms with Crippen molar-refractivity contribution in [1.82, 2.24) is 16.2 Å². The Balaban J connectivity index is 1.81. The molecule has 0 saturated carbocycles. The monoisotopic (exact) mass is 425 g/mol. The number of carbonyl (C=O) groups excluding carboxylic acids is 2. The lowest BCUT2D eigenvalue weighted by atomic mass is 10.1. The van der Waals surface area contributed by atoms with Crippen LogP contribution in [0.5, 0.6) is 5.75 Å². The Bertz CT molecular complexity index is 870. The normalized spacial score (nSPS) is 10.1. The van der Waals surface area contributed by atoms with Crippen molar-refractivity contribution in [3.05, 3.63) is 63.1 Å². The Hall–Kier alpha value is -2.35. The van der Waals surface area contributed by atoms with Crippen molar-refractivity contribution >= 4 is 52.3 Å². The molecule has 2 aromatic rings. The fourth-order valence-electron chi connectivity index (χ4n) is 2.20. The molecule has 2 rings (SSSR count). The van der Waals surface area contributed by atoms with Crippen molar-refractivity contribution < 1.29 is 14.3 Å². The lowest BCUT2D eigenvalue weighted by molar-refractivity contribution is -0.123. The molecule has 0 heterocycles. The first-order chi connectivity index (χ1) is 12.8. The number of aryl methyl sites for hydroxylation is 2. The fraction of sp³-hybridized carbons (Fsp3) is 0.167. The maximum absolute atomic E-state index is 12.1. The molecule has 6 nitrogen and oxygen atoms in total. The number of benzene rings is 2. The molecule has 0 unspecified atom stereocenters. The zero-order valence-corrected chi connectivity index (χ0v) is 16.9. The van der Waals surface area contributed by atoms with Gasteiger partial charge in [0.25, 0.3) is 11.8 Å².